The summed E-state index contributed by atoms with van der Waals surface area (Å²) in [6.07, 6.45) is 3.92. The van der Waals surface area contributed by atoms with Crippen LogP contribution in [0.15, 0.2) is 30.3 Å². The Morgan fingerprint density at radius 1 is 1.19 bits per heavy atom. The van der Waals surface area contributed by atoms with Gasteiger partial charge >= 0.3 is 0 Å². The Balaban J connectivity index is 1.57. The molecule has 2 nitrogen and oxygen atoms in total. The zero-order chi connectivity index (χ0) is 11.2. The van der Waals surface area contributed by atoms with Crippen LogP contribution in [0.2, 0.25) is 0 Å². The maximum absolute atomic E-state index is 3.54. The second-order valence-electron chi connectivity index (χ2n) is 4.77. The van der Waals surface area contributed by atoms with Crippen LogP contribution in [-0.2, 0) is 6.42 Å². The third kappa shape index (κ3) is 4.33. The van der Waals surface area contributed by atoms with Crippen LogP contribution in [0.1, 0.15) is 18.4 Å². The molecule has 0 radical (unpaired) electrons. The van der Waals surface area contributed by atoms with E-state index in [4.69, 9.17) is 0 Å². The van der Waals surface area contributed by atoms with Gasteiger partial charge in [0.1, 0.15) is 0 Å². The number of nitrogens with zero attached hydrogens (tertiary/aromatic N) is 1. The van der Waals surface area contributed by atoms with E-state index in [1.165, 1.54) is 18.4 Å². The van der Waals surface area contributed by atoms with Crippen molar-refractivity contribution in [2.45, 2.75) is 25.3 Å². The van der Waals surface area contributed by atoms with Crippen molar-refractivity contribution in [3.05, 3.63) is 35.9 Å². The molecule has 0 bridgehead atoms. The Morgan fingerprint density at radius 2 is 1.94 bits per heavy atom. The summed E-state index contributed by atoms with van der Waals surface area (Å²) in [5.74, 6) is 0. The largest absolute Gasteiger partial charge is 0.313 e. The molecule has 1 aromatic carbocycles. The van der Waals surface area contributed by atoms with Crippen molar-refractivity contribution in [2.24, 2.45) is 0 Å². The van der Waals surface area contributed by atoms with E-state index in [1.54, 1.807) is 0 Å². The molecule has 1 aliphatic carbocycles. The van der Waals surface area contributed by atoms with Crippen molar-refractivity contribution >= 4 is 0 Å². The fourth-order valence-corrected chi connectivity index (χ4v) is 1.82. The lowest BCUT2D eigenvalue weighted by Crippen LogP contribution is -2.31. The molecule has 0 heterocycles. The SMILES string of the molecule is CN(CCNC1CC1)CCc1ccccc1. The number of nitrogens with one attached hydrogen (secondary N) is 1. The lowest BCUT2D eigenvalue weighted by molar-refractivity contribution is 0.335. The van der Waals surface area contributed by atoms with E-state index < -0.39 is 0 Å². The number of hydrogen-bond acceptors (Lipinski definition) is 2. The number of hydrogen-bond donors (Lipinski definition) is 1. The summed E-state index contributed by atoms with van der Waals surface area (Å²) in [6.45, 7) is 3.44. The summed E-state index contributed by atoms with van der Waals surface area (Å²) in [5, 5.41) is 3.54. The molecule has 1 saturated carbocycles. The van der Waals surface area contributed by atoms with Gasteiger partial charge in [-0.1, -0.05) is 30.3 Å². The molecule has 2 rings (SSSR count). The molecule has 1 aromatic rings. The van der Waals surface area contributed by atoms with E-state index in [2.05, 4.69) is 47.6 Å². The quantitative estimate of drug-likeness (QED) is 0.752. The molecule has 0 aliphatic heterocycles. The summed E-state index contributed by atoms with van der Waals surface area (Å²) >= 11 is 0. The maximum Gasteiger partial charge on any atom is 0.0104 e. The van der Waals surface area contributed by atoms with Crippen molar-refractivity contribution < 1.29 is 0 Å². The van der Waals surface area contributed by atoms with Crippen LogP contribution < -0.4 is 5.32 Å². The lowest BCUT2D eigenvalue weighted by Gasteiger charge is -2.16. The van der Waals surface area contributed by atoms with E-state index >= 15 is 0 Å². The zero-order valence-electron chi connectivity index (χ0n) is 10.2. The van der Waals surface area contributed by atoms with Crippen LogP contribution in [0, 0.1) is 0 Å². The Morgan fingerprint density at radius 3 is 2.62 bits per heavy atom. The molecular formula is C14H22N2. The van der Waals surface area contributed by atoms with Gasteiger partial charge in [0.05, 0.1) is 0 Å². The fourth-order valence-electron chi connectivity index (χ4n) is 1.82. The van der Waals surface area contributed by atoms with Gasteiger partial charge in [0, 0.05) is 25.7 Å². The monoisotopic (exact) mass is 218 g/mol. The number of rotatable bonds is 7. The molecule has 88 valence electrons. The molecule has 0 amide bonds. The first kappa shape index (κ1) is 11.6. The Kier molecular flexibility index (Phi) is 4.37. The summed E-state index contributed by atoms with van der Waals surface area (Å²) in [6, 6.07) is 11.6. The van der Waals surface area contributed by atoms with Gasteiger partial charge in [-0.05, 0) is 31.9 Å². The molecule has 0 saturated heterocycles. The maximum atomic E-state index is 3.54. The third-order valence-electron chi connectivity index (χ3n) is 3.13. The van der Waals surface area contributed by atoms with Gasteiger partial charge in [0.2, 0.25) is 0 Å². The van der Waals surface area contributed by atoms with Crippen molar-refractivity contribution in [1.82, 2.24) is 10.2 Å². The van der Waals surface area contributed by atoms with E-state index in [9.17, 15) is 0 Å². The van der Waals surface area contributed by atoms with Gasteiger partial charge < -0.3 is 10.2 Å². The molecule has 0 unspecified atom stereocenters. The molecule has 0 spiro atoms. The van der Waals surface area contributed by atoms with Crippen molar-refractivity contribution in [1.29, 1.82) is 0 Å². The highest BCUT2D eigenvalue weighted by molar-refractivity contribution is 5.14. The predicted molar refractivity (Wildman–Crippen MR) is 68.7 cm³/mol. The average Bonchev–Trinajstić information content (AvgIpc) is 3.12. The number of benzene rings is 1. The molecule has 1 aliphatic rings. The molecule has 2 heteroatoms. The fraction of sp³-hybridized carbons (Fsp3) is 0.571. The van der Waals surface area contributed by atoms with Crippen molar-refractivity contribution in [3.63, 3.8) is 0 Å². The van der Waals surface area contributed by atoms with Crippen LogP contribution in [0.4, 0.5) is 0 Å². The smallest absolute Gasteiger partial charge is 0.0104 e. The standard InChI is InChI=1S/C14H22N2/c1-16(12-10-15-14-7-8-14)11-9-13-5-3-2-4-6-13/h2-6,14-15H,7-12H2,1H3. The highest BCUT2D eigenvalue weighted by atomic mass is 15.1. The van der Waals surface area contributed by atoms with E-state index in [-0.39, 0.29) is 0 Å². The minimum absolute atomic E-state index is 0.836. The van der Waals surface area contributed by atoms with Crippen LogP contribution in [-0.4, -0.2) is 37.6 Å². The zero-order valence-corrected chi connectivity index (χ0v) is 10.2. The summed E-state index contributed by atoms with van der Waals surface area (Å²) in [4.78, 5) is 2.41. The molecule has 1 N–H and O–H groups in total. The highest BCUT2D eigenvalue weighted by Gasteiger charge is 2.19. The van der Waals surface area contributed by atoms with E-state index in [0.29, 0.717) is 0 Å². The third-order valence-corrected chi connectivity index (χ3v) is 3.13. The second kappa shape index (κ2) is 6.02. The molecule has 16 heavy (non-hydrogen) atoms. The molecule has 0 atom stereocenters. The van der Waals surface area contributed by atoms with Crippen LogP contribution in [0.25, 0.3) is 0 Å². The second-order valence-corrected chi connectivity index (χ2v) is 4.77. The van der Waals surface area contributed by atoms with Crippen molar-refractivity contribution in [2.75, 3.05) is 26.7 Å². The molecule has 1 fully saturated rings. The van der Waals surface area contributed by atoms with Gasteiger partial charge in [-0.15, -0.1) is 0 Å². The van der Waals surface area contributed by atoms with Gasteiger partial charge in [-0.2, -0.15) is 0 Å². The van der Waals surface area contributed by atoms with Crippen LogP contribution >= 0.6 is 0 Å². The van der Waals surface area contributed by atoms with Crippen LogP contribution in [0.3, 0.4) is 0 Å². The molecule has 0 aromatic heterocycles. The van der Waals surface area contributed by atoms with Crippen molar-refractivity contribution in [3.8, 4) is 0 Å². The first-order chi connectivity index (χ1) is 7.84. The van der Waals surface area contributed by atoms with Gasteiger partial charge in [-0.3, -0.25) is 0 Å². The summed E-state index contributed by atoms with van der Waals surface area (Å²) in [7, 11) is 2.21. The number of likely N-dealkylation sites (N-methyl/N-ethyl adjacent to an activating group) is 1. The topological polar surface area (TPSA) is 15.3 Å². The predicted octanol–water partition coefficient (Wildman–Crippen LogP) is 1.91. The lowest BCUT2D eigenvalue weighted by atomic mass is 10.1. The minimum Gasteiger partial charge on any atom is -0.313 e. The Labute approximate surface area is 98.7 Å². The van der Waals surface area contributed by atoms with Gasteiger partial charge in [0.25, 0.3) is 0 Å². The Hall–Kier alpha value is -0.860. The highest BCUT2D eigenvalue weighted by Crippen LogP contribution is 2.17. The van der Waals surface area contributed by atoms with Gasteiger partial charge in [-0.25, -0.2) is 0 Å². The minimum atomic E-state index is 0.836. The first-order valence-corrected chi connectivity index (χ1v) is 6.30. The Bertz CT molecular complexity index is 293. The van der Waals surface area contributed by atoms with E-state index in [1.807, 2.05) is 0 Å². The van der Waals surface area contributed by atoms with E-state index in [0.717, 1.165) is 32.1 Å². The summed E-state index contributed by atoms with van der Waals surface area (Å²) in [5.41, 5.74) is 1.43. The summed E-state index contributed by atoms with van der Waals surface area (Å²) < 4.78 is 0. The normalized spacial score (nSPS) is 15.6. The average molecular weight is 218 g/mol. The first-order valence-electron chi connectivity index (χ1n) is 6.30. The van der Waals surface area contributed by atoms with Crippen LogP contribution in [0.5, 0.6) is 0 Å². The van der Waals surface area contributed by atoms with Gasteiger partial charge in [0.15, 0.2) is 0 Å². The molecular weight excluding hydrogens is 196 g/mol.